The Bertz CT molecular complexity index is 706. The summed E-state index contributed by atoms with van der Waals surface area (Å²) in [5.41, 5.74) is 2.90. The Labute approximate surface area is 124 Å². The summed E-state index contributed by atoms with van der Waals surface area (Å²) in [7, 11) is 0. The topological polar surface area (TPSA) is 29.5 Å². The highest BCUT2D eigenvalue weighted by Crippen LogP contribution is 2.32. The van der Waals surface area contributed by atoms with E-state index in [1.165, 1.54) is 0 Å². The van der Waals surface area contributed by atoms with E-state index >= 15 is 0 Å². The first-order chi connectivity index (χ1) is 10.3. The van der Waals surface area contributed by atoms with Crippen LogP contribution in [0.2, 0.25) is 0 Å². The van der Waals surface area contributed by atoms with Crippen molar-refractivity contribution in [2.24, 2.45) is 0 Å². The van der Waals surface area contributed by atoms with E-state index in [4.69, 9.17) is 4.74 Å². The van der Waals surface area contributed by atoms with Crippen LogP contribution in [0.1, 0.15) is 5.56 Å². The first kappa shape index (κ1) is 13.3. The highest BCUT2D eigenvalue weighted by molar-refractivity contribution is 5.70. The largest absolute Gasteiger partial charge is 0.507 e. The number of phenols is 1. The molecule has 0 saturated carbocycles. The van der Waals surface area contributed by atoms with Crippen molar-refractivity contribution in [1.82, 2.24) is 0 Å². The molecule has 0 heterocycles. The van der Waals surface area contributed by atoms with E-state index in [0.29, 0.717) is 12.4 Å². The second-order valence-corrected chi connectivity index (χ2v) is 4.82. The van der Waals surface area contributed by atoms with Crippen LogP contribution >= 0.6 is 0 Å². The molecule has 3 aromatic rings. The van der Waals surface area contributed by atoms with Crippen LogP contribution in [-0.4, -0.2) is 5.11 Å². The van der Waals surface area contributed by atoms with Gasteiger partial charge in [-0.1, -0.05) is 60.7 Å². The van der Waals surface area contributed by atoms with E-state index in [0.717, 1.165) is 16.7 Å². The Hall–Kier alpha value is -2.74. The maximum atomic E-state index is 10.2. The summed E-state index contributed by atoms with van der Waals surface area (Å²) in [6.45, 7) is 0.491. The molecule has 0 aromatic heterocycles. The van der Waals surface area contributed by atoms with Gasteiger partial charge in [0.15, 0.2) is 0 Å². The van der Waals surface area contributed by atoms with Crippen LogP contribution in [0.3, 0.4) is 0 Å². The Morgan fingerprint density at radius 2 is 1.43 bits per heavy atom. The van der Waals surface area contributed by atoms with Gasteiger partial charge in [-0.25, -0.2) is 0 Å². The molecule has 0 spiro atoms. The van der Waals surface area contributed by atoms with Gasteiger partial charge in [0.25, 0.3) is 0 Å². The van der Waals surface area contributed by atoms with Crippen LogP contribution in [0, 0.1) is 0 Å². The van der Waals surface area contributed by atoms with Gasteiger partial charge < -0.3 is 9.84 Å². The van der Waals surface area contributed by atoms with Gasteiger partial charge in [-0.15, -0.1) is 0 Å². The molecule has 0 amide bonds. The SMILES string of the molecule is Oc1cc(OCc2ccccc2)ccc1-c1ccccc1. The Balaban J connectivity index is 1.76. The van der Waals surface area contributed by atoms with Crippen molar-refractivity contribution in [3.05, 3.63) is 84.4 Å². The van der Waals surface area contributed by atoms with Crippen LogP contribution in [0.15, 0.2) is 78.9 Å². The number of hydrogen-bond donors (Lipinski definition) is 1. The monoisotopic (exact) mass is 276 g/mol. The summed E-state index contributed by atoms with van der Waals surface area (Å²) in [5.74, 6) is 0.891. The number of ether oxygens (including phenoxy) is 1. The minimum absolute atomic E-state index is 0.228. The van der Waals surface area contributed by atoms with Gasteiger partial charge >= 0.3 is 0 Å². The summed E-state index contributed by atoms with van der Waals surface area (Å²) < 4.78 is 5.70. The maximum Gasteiger partial charge on any atom is 0.127 e. The predicted molar refractivity (Wildman–Crippen MR) is 84.3 cm³/mol. The fourth-order valence-electron chi connectivity index (χ4n) is 2.20. The van der Waals surface area contributed by atoms with E-state index in [1.54, 1.807) is 6.07 Å². The lowest BCUT2D eigenvalue weighted by Crippen LogP contribution is -1.94. The summed E-state index contributed by atoms with van der Waals surface area (Å²) in [6.07, 6.45) is 0. The molecule has 0 atom stereocenters. The van der Waals surface area contributed by atoms with Crippen LogP contribution in [0.5, 0.6) is 11.5 Å². The van der Waals surface area contributed by atoms with Crippen LogP contribution in [0.25, 0.3) is 11.1 Å². The van der Waals surface area contributed by atoms with Gasteiger partial charge in [-0.3, -0.25) is 0 Å². The van der Waals surface area contributed by atoms with E-state index in [2.05, 4.69) is 0 Å². The molecule has 104 valence electrons. The maximum absolute atomic E-state index is 10.2. The Morgan fingerprint density at radius 1 is 0.762 bits per heavy atom. The fourth-order valence-corrected chi connectivity index (χ4v) is 2.20. The minimum Gasteiger partial charge on any atom is -0.507 e. The number of hydrogen-bond acceptors (Lipinski definition) is 2. The zero-order chi connectivity index (χ0) is 14.5. The molecule has 0 fully saturated rings. The van der Waals surface area contributed by atoms with Crippen molar-refractivity contribution in [2.45, 2.75) is 6.61 Å². The average molecular weight is 276 g/mol. The van der Waals surface area contributed by atoms with Gasteiger partial charge in [0.1, 0.15) is 18.1 Å². The Kier molecular flexibility index (Phi) is 3.88. The van der Waals surface area contributed by atoms with Gasteiger partial charge in [-0.05, 0) is 23.3 Å². The van der Waals surface area contributed by atoms with Crippen molar-refractivity contribution in [3.8, 4) is 22.6 Å². The first-order valence-electron chi connectivity index (χ1n) is 6.88. The van der Waals surface area contributed by atoms with E-state index in [1.807, 2.05) is 72.8 Å². The van der Waals surface area contributed by atoms with Gasteiger partial charge in [-0.2, -0.15) is 0 Å². The quantitative estimate of drug-likeness (QED) is 0.752. The first-order valence-corrected chi connectivity index (χ1v) is 6.88. The van der Waals surface area contributed by atoms with Crippen LogP contribution in [-0.2, 0) is 6.61 Å². The van der Waals surface area contributed by atoms with E-state index in [-0.39, 0.29) is 5.75 Å². The molecule has 3 rings (SSSR count). The highest BCUT2D eigenvalue weighted by atomic mass is 16.5. The summed E-state index contributed by atoms with van der Waals surface area (Å²) >= 11 is 0. The van der Waals surface area contributed by atoms with Crippen molar-refractivity contribution >= 4 is 0 Å². The highest BCUT2D eigenvalue weighted by Gasteiger charge is 2.05. The molecule has 0 saturated heterocycles. The van der Waals surface area contributed by atoms with Crippen LogP contribution in [0.4, 0.5) is 0 Å². The predicted octanol–water partition coefficient (Wildman–Crippen LogP) is 4.64. The number of phenolic OH excluding ortho intramolecular Hbond substituents is 1. The third kappa shape index (κ3) is 3.23. The fraction of sp³-hybridized carbons (Fsp3) is 0.0526. The average Bonchev–Trinajstić information content (AvgIpc) is 2.55. The second kappa shape index (κ2) is 6.14. The van der Waals surface area contributed by atoms with Crippen molar-refractivity contribution in [1.29, 1.82) is 0 Å². The molecule has 21 heavy (non-hydrogen) atoms. The smallest absolute Gasteiger partial charge is 0.127 e. The van der Waals surface area contributed by atoms with Crippen molar-refractivity contribution in [2.75, 3.05) is 0 Å². The lowest BCUT2D eigenvalue weighted by molar-refractivity contribution is 0.304. The summed E-state index contributed by atoms with van der Waals surface area (Å²) in [6, 6.07) is 25.2. The molecule has 0 aliphatic rings. The summed E-state index contributed by atoms with van der Waals surface area (Å²) in [4.78, 5) is 0. The lowest BCUT2D eigenvalue weighted by Gasteiger charge is -2.09. The number of aromatic hydroxyl groups is 1. The molecule has 0 aliphatic heterocycles. The molecular formula is C19H16O2. The van der Waals surface area contributed by atoms with Crippen molar-refractivity contribution in [3.63, 3.8) is 0 Å². The second-order valence-electron chi connectivity index (χ2n) is 4.82. The van der Waals surface area contributed by atoms with Crippen molar-refractivity contribution < 1.29 is 9.84 Å². The standard InChI is InChI=1S/C19H16O2/c20-19-13-17(21-14-15-7-3-1-4-8-15)11-12-18(19)16-9-5-2-6-10-16/h1-13,20H,14H2. The molecule has 2 nitrogen and oxygen atoms in total. The van der Waals surface area contributed by atoms with Crippen LogP contribution < -0.4 is 4.74 Å². The zero-order valence-corrected chi connectivity index (χ0v) is 11.6. The minimum atomic E-state index is 0.228. The molecule has 3 aromatic carbocycles. The molecule has 2 heteroatoms. The Morgan fingerprint density at radius 3 is 2.10 bits per heavy atom. The number of rotatable bonds is 4. The van der Waals surface area contributed by atoms with Gasteiger partial charge in [0, 0.05) is 11.6 Å². The normalized spacial score (nSPS) is 10.3. The number of benzene rings is 3. The molecule has 0 bridgehead atoms. The third-order valence-electron chi connectivity index (χ3n) is 3.30. The molecule has 0 unspecified atom stereocenters. The molecule has 0 aliphatic carbocycles. The summed E-state index contributed by atoms with van der Waals surface area (Å²) in [5, 5.41) is 10.2. The lowest BCUT2D eigenvalue weighted by atomic mass is 10.0. The van der Waals surface area contributed by atoms with E-state index in [9.17, 15) is 5.11 Å². The molecular weight excluding hydrogens is 260 g/mol. The van der Waals surface area contributed by atoms with Gasteiger partial charge in [0.2, 0.25) is 0 Å². The zero-order valence-electron chi connectivity index (χ0n) is 11.6. The van der Waals surface area contributed by atoms with E-state index < -0.39 is 0 Å². The third-order valence-corrected chi connectivity index (χ3v) is 3.30. The van der Waals surface area contributed by atoms with Gasteiger partial charge in [0.05, 0.1) is 0 Å². The molecule has 0 radical (unpaired) electrons. The molecule has 1 N–H and O–H groups in total.